The molecule has 3 rings (SSSR count). The second kappa shape index (κ2) is 9.70. The lowest BCUT2D eigenvalue weighted by atomic mass is 10.1. The molecule has 0 aliphatic carbocycles. The van der Waals surface area contributed by atoms with Crippen LogP contribution in [-0.4, -0.2) is 41.7 Å². The third-order valence-electron chi connectivity index (χ3n) is 4.46. The molecule has 1 aliphatic rings. The number of hydrogen-bond acceptors (Lipinski definition) is 6. The second-order valence-corrected chi connectivity index (χ2v) is 8.17. The quantitative estimate of drug-likeness (QED) is 0.640. The third kappa shape index (κ3) is 5.27. The highest BCUT2D eigenvalue weighted by Crippen LogP contribution is 2.37. The number of anilines is 1. The van der Waals surface area contributed by atoms with E-state index in [-0.39, 0.29) is 17.6 Å². The molecule has 2 aromatic rings. The maximum Gasteiger partial charge on any atom is 0.294 e. The topological polar surface area (TPSA) is 84.9 Å². The van der Waals surface area contributed by atoms with Gasteiger partial charge in [-0.05, 0) is 56.3 Å². The Morgan fingerprint density at radius 1 is 1.16 bits per heavy atom. The minimum Gasteiger partial charge on any atom is -0.493 e. The van der Waals surface area contributed by atoms with E-state index >= 15 is 0 Å². The van der Waals surface area contributed by atoms with Gasteiger partial charge in [-0.1, -0.05) is 30.3 Å². The summed E-state index contributed by atoms with van der Waals surface area (Å²) in [4.78, 5) is 38.8. The molecule has 0 radical (unpaired) electrons. The lowest BCUT2D eigenvalue weighted by Crippen LogP contribution is -2.36. The fraction of sp³-hybridized carbons (Fsp3) is 0.261. The average Bonchev–Trinajstić information content (AvgIpc) is 2.98. The van der Waals surface area contributed by atoms with E-state index in [1.807, 2.05) is 32.9 Å². The van der Waals surface area contributed by atoms with Crippen LogP contribution < -0.4 is 14.8 Å². The summed E-state index contributed by atoms with van der Waals surface area (Å²) in [5, 5.41) is 2.24. The van der Waals surface area contributed by atoms with Crippen LogP contribution in [0.2, 0.25) is 0 Å². The van der Waals surface area contributed by atoms with Crippen LogP contribution in [0.3, 0.4) is 0 Å². The fourth-order valence-corrected chi connectivity index (χ4v) is 3.82. The fourth-order valence-electron chi connectivity index (χ4n) is 2.99. The monoisotopic (exact) mass is 440 g/mol. The van der Waals surface area contributed by atoms with E-state index in [0.29, 0.717) is 22.7 Å². The molecular weight excluding hydrogens is 416 g/mol. The second-order valence-electron chi connectivity index (χ2n) is 7.18. The maximum absolute atomic E-state index is 12.8. The number of para-hydroxylation sites is 2. The Balaban J connectivity index is 1.79. The highest BCUT2D eigenvalue weighted by molar-refractivity contribution is 8.18. The van der Waals surface area contributed by atoms with Gasteiger partial charge < -0.3 is 14.8 Å². The van der Waals surface area contributed by atoms with E-state index in [2.05, 4.69) is 5.32 Å². The smallest absolute Gasteiger partial charge is 0.294 e. The summed E-state index contributed by atoms with van der Waals surface area (Å²) in [5.41, 5.74) is 2.14. The lowest BCUT2D eigenvalue weighted by molar-refractivity contribution is -0.127. The number of imide groups is 1. The molecule has 0 saturated carbocycles. The summed E-state index contributed by atoms with van der Waals surface area (Å²) in [6, 6.07) is 12.6. The highest BCUT2D eigenvalue weighted by Gasteiger charge is 2.36. The van der Waals surface area contributed by atoms with Gasteiger partial charge in [0.25, 0.3) is 11.1 Å². The summed E-state index contributed by atoms with van der Waals surface area (Å²) >= 11 is 0.791. The van der Waals surface area contributed by atoms with Crippen molar-refractivity contribution in [3.63, 3.8) is 0 Å². The molecule has 1 fully saturated rings. The van der Waals surface area contributed by atoms with Crippen molar-refractivity contribution >= 4 is 40.6 Å². The highest BCUT2D eigenvalue weighted by atomic mass is 32.2. The minimum absolute atomic E-state index is 0.108. The molecule has 3 amide bonds. The van der Waals surface area contributed by atoms with Crippen LogP contribution in [0.5, 0.6) is 11.5 Å². The van der Waals surface area contributed by atoms with E-state index in [1.165, 1.54) is 7.11 Å². The van der Waals surface area contributed by atoms with Crippen LogP contribution in [0.1, 0.15) is 25.0 Å². The number of amides is 3. The van der Waals surface area contributed by atoms with Crippen molar-refractivity contribution in [3.05, 3.63) is 58.5 Å². The van der Waals surface area contributed by atoms with Crippen molar-refractivity contribution in [1.82, 2.24) is 4.90 Å². The van der Waals surface area contributed by atoms with Crippen LogP contribution in [0.15, 0.2) is 47.4 Å². The van der Waals surface area contributed by atoms with E-state index < -0.39 is 17.1 Å². The Morgan fingerprint density at radius 2 is 1.90 bits per heavy atom. The molecule has 0 aromatic heterocycles. The first-order chi connectivity index (χ1) is 14.8. The summed E-state index contributed by atoms with van der Waals surface area (Å²) < 4.78 is 11.2. The Hall–Kier alpha value is -3.26. The standard InChI is InChI=1S/C23H24N2O5S/c1-14(2)30-21-16(9-7-11-18(21)29-4)12-19-22(27)25(23(28)31-19)13-20(26)24-17-10-6-5-8-15(17)3/h5-12,14H,13H2,1-4H3,(H,24,26)/b19-12-. The van der Waals surface area contributed by atoms with Gasteiger partial charge in [0.05, 0.1) is 18.1 Å². The SMILES string of the molecule is COc1cccc(/C=C2\SC(=O)N(CC(=O)Nc3ccccc3C)C2=O)c1OC(C)C. The zero-order chi connectivity index (χ0) is 22.5. The molecule has 162 valence electrons. The van der Waals surface area contributed by atoms with Gasteiger partial charge in [-0.3, -0.25) is 19.3 Å². The molecule has 0 spiro atoms. The van der Waals surface area contributed by atoms with Gasteiger partial charge in [-0.15, -0.1) is 0 Å². The van der Waals surface area contributed by atoms with Crippen LogP contribution in [0, 0.1) is 6.92 Å². The molecule has 2 aromatic carbocycles. The lowest BCUT2D eigenvalue weighted by Gasteiger charge is -2.16. The van der Waals surface area contributed by atoms with E-state index in [9.17, 15) is 14.4 Å². The van der Waals surface area contributed by atoms with Gasteiger partial charge in [-0.25, -0.2) is 0 Å². The number of carbonyl (C=O) groups is 3. The molecule has 1 heterocycles. The molecule has 31 heavy (non-hydrogen) atoms. The molecular formula is C23H24N2O5S. The summed E-state index contributed by atoms with van der Waals surface area (Å²) in [7, 11) is 1.53. The number of nitrogens with one attached hydrogen (secondary N) is 1. The van der Waals surface area contributed by atoms with Crippen molar-refractivity contribution < 1.29 is 23.9 Å². The molecule has 0 bridgehead atoms. The van der Waals surface area contributed by atoms with E-state index in [1.54, 1.807) is 36.4 Å². The number of aryl methyl sites for hydroxylation is 1. The van der Waals surface area contributed by atoms with Crippen LogP contribution in [-0.2, 0) is 9.59 Å². The van der Waals surface area contributed by atoms with Gasteiger partial charge in [0, 0.05) is 11.3 Å². The van der Waals surface area contributed by atoms with Gasteiger partial charge in [0.1, 0.15) is 6.54 Å². The molecule has 0 unspecified atom stereocenters. The maximum atomic E-state index is 12.8. The molecule has 1 aliphatic heterocycles. The summed E-state index contributed by atoms with van der Waals surface area (Å²) in [5.74, 6) is 0.0553. The number of hydrogen-bond donors (Lipinski definition) is 1. The summed E-state index contributed by atoms with van der Waals surface area (Å²) in [6.07, 6.45) is 1.48. The third-order valence-corrected chi connectivity index (χ3v) is 5.37. The first-order valence-corrected chi connectivity index (χ1v) is 10.6. The molecule has 1 saturated heterocycles. The van der Waals surface area contributed by atoms with Gasteiger partial charge in [0.2, 0.25) is 5.91 Å². The zero-order valence-corrected chi connectivity index (χ0v) is 18.6. The normalized spacial score (nSPS) is 15.0. The Bertz CT molecular complexity index is 1050. The first kappa shape index (κ1) is 22.4. The van der Waals surface area contributed by atoms with Crippen molar-refractivity contribution in [3.8, 4) is 11.5 Å². The molecule has 1 N–H and O–H groups in total. The summed E-state index contributed by atoms with van der Waals surface area (Å²) in [6.45, 7) is 5.28. The number of nitrogens with zero attached hydrogens (tertiary/aromatic N) is 1. The van der Waals surface area contributed by atoms with E-state index in [4.69, 9.17) is 9.47 Å². The average molecular weight is 441 g/mol. The number of carbonyl (C=O) groups excluding carboxylic acids is 3. The Morgan fingerprint density at radius 3 is 2.58 bits per heavy atom. The molecule has 7 nitrogen and oxygen atoms in total. The largest absolute Gasteiger partial charge is 0.493 e. The predicted octanol–water partition coefficient (Wildman–Crippen LogP) is 4.47. The number of thioether (sulfide) groups is 1. The van der Waals surface area contributed by atoms with Gasteiger partial charge in [0.15, 0.2) is 11.5 Å². The number of ether oxygens (including phenoxy) is 2. The zero-order valence-electron chi connectivity index (χ0n) is 17.8. The van der Waals surface area contributed by atoms with Crippen LogP contribution >= 0.6 is 11.8 Å². The van der Waals surface area contributed by atoms with Crippen molar-refractivity contribution in [2.75, 3.05) is 19.0 Å². The predicted molar refractivity (Wildman–Crippen MR) is 121 cm³/mol. The molecule has 8 heteroatoms. The van der Waals surface area contributed by atoms with Crippen LogP contribution in [0.4, 0.5) is 10.5 Å². The number of rotatable bonds is 7. The Labute approximate surface area is 185 Å². The number of methoxy groups -OCH3 is 1. The minimum atomic E-state index is -0.520. The van der Waals surface area contributed by atoms with Gasteiger partial charge in [-0.2, -0.15) is 0 Å². The van der Waals surface area contributed by atoms with Crippen LogP contribution in [0.25, 0.3) is 6.08 Å². The van der Waals surface area contributed by atoms with Gasteiger partial charge >= 0.3 is 0 Å². The van der Waals surface area contributed by atoms with Crippen molar-refractivity contribution in [1.29, 1.82) is 0 Å². The molecule has 0 atom stereocenters. The number of benzene rings is 2. The van der Waals surface area contributed by atoms with Crippen molar-refractivity contribution in [2.24, 2.45) is 0 Å². The van der Waals surface area contributed by atoms with E-state index in [0.717, 1.165) is 22.2 Å². The van der Waals surface area contributed by atoms with Crippen molar-refractivity contribution in [2.45, 2.75) is 26.9 Å². The first-order valence-electron chi connectivity index (χ1n) is 9.74. The Kier molecular flexibility index (Phi) is 7.02.